The maximum atomic E-state index is 12.9. The van der Waals surface area contributed by atoms with E-state index in [1.54, 1.807) is 0 Å². The quantitative estimate of drug-likeness (QED) is 0.0627. The first kappa shape index (κ1) is 36.8. The summed E-state index contributed by atoms with van der Waals surface area (Å²) >= 11 is 5.57. The zero-order valence-electron chi connectivity index (χ0n) is 25.8. The number of nitrogens with zero attached hydrogens (tertiary/aromatic N) is 2. The van der Waals surface area contributed by atoms with E-state index in [4.69, 9.17) is 11.8 Å². The van der Waals surface area contributed by atoms with Crippen LogP contribution in [0, 0.1) is 0 Å². The highest BCUT2D eigenvalue weighted by atomic mass is 35.5. The predicted octanol–water partition coefficient (Wildman–Crippen LogP) is 5.29. The molecule has 0 saturated carbocycles. The fourth-order valence-electron chi connectivity index (χ4n) is 5.07. The Labute approximate surface area is 250 Å². The van der Waals surface area contributed by atoms with Gasteiger partial charge in [0.15, 0.2) is 0 Å². The Kier molecular flexibility index (Phi) is 24.6. The fourth-order valence-corrected chi connectivity index (χ4v) is 5.21. The van der Waals surface area contributed by atoms with Crippen molar-refractivity contribution in [1.82, 2.24) is 30.6 Å². The smallest absolute Gasteiger partial charge is 0.243 e. The number of piperazine rings is 1. The van der Waals surface area contributed by atoms with Crippen LogP contribution in [-0.4, -0.2) is 80.8 Å². The summed E-state index contributed by atoms with van der Waals surface area (Å²) in [5, 5.41) is 9.25. The Morgan fingerprint density at radius 3 is 1.95 bits per heavy atom. The highest BCUT2D eigenvalue weighted by Gasteiger charge is 2.22. The van der Waals surface area contributed by atoms with Gasteiger partial charge in [0.1, 0.15) is 6.04 Å². The molecule has 0 aromatic carbocycles. The third-order valence-corrected chi connectivity index (χ3v) is 7.84. The average molecular weight is 585 g/mol. The third kappa shape index (κ3) is 20.7. The van der Waals surface area contributed by atoms with Crippen LogP contribution in [0.4, 0.5) is 0 Å². The highest BCUT2D eigenvalue weighted by Crippen LogP contribution is 2.10. The molecule has 1 atom stereocenters. The number of carbonyl (C=O) groups is 2. The van der Waals surface area contributed by atoms with E-state index in [2.05, 4.69) is 49.7 Å². The lowest BCUT2D eigenvalue weighted by molar-refractivity contribution is -0.129. The first-order chi connectivity index (χ1) is 19.6. The summed E-state index contributed by atoms with van der Waals surface area (Å²) in [6.45, 7) is 8.19. The minimum atomic E-state index is -0.489. The van der Waals surface area contributed by atoms with E-state index in [-0.39, 0.29) is 11.8 Å². The minimum Gasteiger partial charge on any atom is -0.344 e. The van der Waals surface area contributed by atoms with E-state index >= 15 is 0 Å². The van der Waals surface area contributed by atoms with Gasteiger partial charge in [-0.3, -0.25) is 19.4 Å². The van der Waals surface area contributed by atoms with Crippen molar-refractivity contribution in [3.63, 3.8) is 0 Å². The molecule has 1 rings (SSSR count). The van der Waals surface area contributed by atoms with Gasteiger partial charge in [0.05, 0.1) is 6.67 Å². The summed E-state index contributed by atoms with van der Waals surface area (Å²) in [5.41, 5.74) is 0. The summed E-state index contributed by atoms with van der Waals surface area (Å²) in [4.78, 5) is 32.8. The molecule has 1 aliphatic heterocycles. The summed E-state index contributed by atoms with van der Waals surface area (Å²) in [6.07, 6.45) is 23.6. The van der Waals surface area contributed by atoms with Gasteiger partial charge in [-0.1, -0.05) is 70.4 Å². The number of amides is 2. The van der Waals surface area contributed by atoms with Crippen molar-refractivity contribution in [2.45, 2.75) is 122 Å². The summed E-state index contributed by atoms with van der Waals surface area (Å²) in [7, 11) is 1.96. The second kappa shape index (κ2) is 26.7. The molecule has 40 heavy (non-hydrogen) atoms. The van der Waals surface area contributed by atoms with E-state index in [1.807, 2.05) is 7.05 Å². The van der Waals surface area contributed by atoms with Crippen molar-refractivity contribution in [3.05, 3.63) is 12.2 Å². The Balaban J connectivity index is 2.18. The Bertz CT molecular complexity index is 643. The molecule has 1 aliphatic rings. The Morgan fingerprint density at radius 2 is 1.35 bits per heavy atom. The normalized spacial score (nSPS) is 15.5. The summed E-state index contributed by atoms with van der Waals surface area (Å²) < 4.78 is 0. The average Bonchev–Trinajstić information content (AvgIpc) is 2.96. The van der Waals surface area contributed by atoms with Gasteiger partial charge in [0.25, 0.3) is 0 Å². The molecule has 1 heterocycles. The molecule has 1 saturated heterocycles. The van der Waals surface area contributed by atoms with Gasteiger partial charge in [-0.15, -0.1) is 0 Å². The van der Waals surface area contributed by atoms with Crippen LogP contribution in [0.25, 0.3) is 0 Å². The first-order valence-corrected chi connectivity index (χ1v) is 16.6. The van der Waals surface area contributed by atoms with Crippen LogP contribution in [0.2, 0.25) is 0 Å². The summed E-state index contributed by atoms with van der Waals surface area (Å²) in [5.74, 6) is -0.108. The van der Waals surface area contributed by atoms with Crippen molar-refractivity contribution in [3.8, 4) is 0 Å². The topological polar surface area (TPSA) is 88.7 Å². The van der Waals surface area contributed by atoms with Gasteiger partial charge in [0.2, 0.25) is 11.8 Å². The van der Waals surface area contributed by atoms with Crippen molar-refractivity contribution < 1.29 is 9.59 Å². The van der Waals surface area contributed by atoms with Crippen molar-refractivity contribution in [1.29, 1.82) is 0 Å². The molecule has 1 fully saturated rings. The lowest BCUT2D eigenvalue weighted by atomic mass is 10.1. The second-order valence-corrected chi connectivity index (χ2v) is 11.5. The van der Waals surface area contributed by atoms with Crippen LogP contribution >= 0.6 is 11.8 Å². The van der Waals surface area contributed by atoms with Crippen molar-refractivity contribution in [2.24, 2.45) is 0 Å². The number of allylic oxidation sites excluding steroid dienone is 2. The minimum absolute atomic E-state index is 0.0195. The standard InChI is InChI=1S/C31H61ClN6O2/c1-3-4-5-6-7-8-9-10-11-12-13-14-15-16-17-21-30(39)36-29(20-18-19-22-35-32)31(40)34-28-38-25-23-37(24-26-38)27-33-2/h10-11,29,33,35H,3-9,12-28H2,1-2H3,(H,34,40)(H,36,39)/b11-10-/t29-/m0/s1. The molecule has 9 heteroatoms. The largest absolute Gasteiger partial charge is 0.344 e. The monoisotopic (exact) mass is 584 g/mol. The van der Waals surface area contributed by atoms with Gasteiger partial charge in [0, 0.05) is 45.8 Å². The lowest BCUT2D eigenvalue weighted by Gasteiger charge is -2.34. The number of nitrogens with one attached hydrogen (secondary N) is 4. The van der Waals surface area contributed by atoms with Crippen LogP contribution in [0.3, 0.4) is 0 Å². The molecule has 0 aliphatic carbocycles. The first-order valence-electron chi connectivity index (χ1n) is 16.3. The number of hydrogen-bond acceptors (Lipinski definition) is 6. The number of carbonyl (C=O) groups excluding carboxylic acids is 2. The van der Waals surface area contributed by atoms with E-state index < -0.39 is 6.04 Å². The zero-order valence-corrected chi connectivity index (χ0v) is 26.5. The molecular weight excluding hydrogens is 524 g/mol. The fraction of sp³-hybridized carbons (Fsp3) is 0.871. The summed E-state index contributed by atoms with van der Waals surface area (Å²) in [6, 6.07) is -0.489. The zero-order chi connectivity index (χ0) is 29.1. The molecule has 234 valence electrons. The number of unbranched alkanes of at least 4 members (excludes halogenated alkanes) is 12. The molecule has 8 nitrogen and oxygen atoms in total. The van der Waals surface area contributed by atoms with E-state index in [1.165, 1.54) is 57.8 Å². The molecule has 0 radical (unpaired) electrons. The molecule has 4 N–H and O–H groups in total. The maximum absolute atomic E-state index is 12.9. The second-order valence-electron chi connectivity index (χ2n) is 11.3. The van der Waals surface area contributed by atoms with Crippen LogP contribution in [0.15, 0.2) is 12.2 Å². The third-order valence-electron chi connectivity index (χ3n) is 7.65. The van der Waals surface area contributed by atoms with Crippen molar-refractivity contribution in [2.75, 3.05) is 53.1 Å². The molecular formula is C31H61ClN6O2. The van der Waals surface area contributed by atoms with Crippen LogP contribution in [0.1, 0.15) is 116 Å². The van der Waals surface area contributed by atoms with Gasteiger partial charge < -0.3 is 16.0 Å². The molecule has 0 bridgehead atoms. The van der Waals surface area contributed by atoms with Crippen LogP contribution in [0.5, 0.6) is 0 Å². The molecule has 0 spiro atoms. The number of hydrogen-bond donors (Lipinski definition) is 4. The highest BCUT2D eigenvalue weighted by molar-refractivity contribution is 6.13. The number of rotatable bonds is 26. The van der Waals surface area contributed by atoms with Gasteiger partial charge in [-0.2, -0.15) is 0 Å². The Hall–Kier alpha value is -1.19. The van der Waals surface area contributed by atoms with Crippen LogP contribution in [-0.2, 0) is 9.59 Å². The van der Waals surface area contributed by atoms with E-state index in [0.29, 0.717) is 26.1 Å². The van der Waals surface area contributed by atoms with Crippen molar-refractivity contribution >= 4 is 23.6 Å². The van der Waals surface area contributed by atoms with Crippen LogP contribution < -0.4 is 20.8 Å². The number of halogens is 1. The Morgan fingerprint density at radius 1 is 0.775 bits per heavy atom. The molecule has 0 aromatic heterocycles. The lowest BCUT2D eigenvalue weighted by Crippen LogP contribution is -2.54. The SMILES string of the molecule is CCCCCCCC/C=C\CCCCCCCC(=O)N[C@@H](CCCCNCl)C(=O)NCN1CCN(CNC)CC1. The maximum Gasteiger partial charge on any atom is 0.243 e. The van der Waals surface area contributed by atoms with Gasteiger partial charge in [-0.05, 0) is 70.2 Å². The van der Waals surface area contributed by atoms with Gasteiger partial charge >= 0.3 is 0 Å². The van der Waals surface area contributed by atoms with E-state index in [0.717, 1.165) is 71.4 Å². The molecule has 0 aromatic rings. The molecule has 0 unspecified atom stereocenters. The van der Waals surface area contributed by atoms with E-state index in [9.17, 15) is 9.59 Å². The van der Waals surface area contributed by atoms with Gasteiger partial charge in [-0.25, -0.2) is 4.84 Å². The predicted molar refractivity (Wildman–Crippen MR) is 169 cm³/mol. The molecule has 2 amide bonds.